The maximum atomic E-state index is 12.8. The Morgan fingerprint density at radius 2 is 1.54 bits per heavy atom. The number of ketones is 1. The monoisotopic (exact) mass is 354 g/mol. The Balaban J connectivity index is 1.94. The average molecular weight is 355 g/mol. The van der Waals surface area contributed by atoms with Gasteiger partial charge in [0.2, 0.25) is 0 Å². The summed E-state index contributed by atoms with van der Waals surface area (Å²) in [6.07, 6.45) is 1.54. The molecule has 0 spiro atoms. The van der Waals surface area contributed by atoms with Gasteiger partial charge in [0.1, 0.15) is 0 Å². The lowest BCUT2D eigenvalue weighted by molar-refractivity contribution is 0.0977. The van der Waals surface area contributed by atoms with Crippen LogP contribution in [0.4, 0.5) is 0 Å². The highest BCUT2D eigenvalue weighted by Gasteiger charge is 2.24. The van der Waals surface area contributed by atoms with E-state index in [-0.39, 0.29) is 11.7 Å². The lowest BCUT2D eigenvalue weighted by Gasteiger charge is -2.21. The Labute approximate surface area is 152 Å². The molecule has 1 aliphatic rings. The number of rotatable bonds is 6. The molecule has 0 amide bonds. The molecule has 0 aliphatic carbocycles. The summed E-state index contributed by atoms with van der Waals surface area (Å²) < 4.78 is 1.44. The second-order valence-electron chi connectivity index (χ2n) is 5.82. The lowest BCUT2D eigenvalue weighted by atomic mass is 9.85. The van der Waals surface area contributed by atoms with Crippen LogP contribution >= 0.6 is 23.5 Å². The predicted octanol–water partition coefficient (Wildman–Crippen LogP) is 6.14. The van der Waals surface area contributed by atoms with Gasteiger partial charge in [-0.05, 0) is 17.6 Å². The fourth-order valence-corrected chi connectivity index (χ4v) is 5.90. The highest BCUT2D eigenvalue weighted by Crippen LogP contribution is 2.45. The molecule has 24 heavy (non-hydrogen) atoms. The molecule has 1 nitrogen and oxygen atoms in total. The van der Waals surface area contributed by atoms with Crippen molar-refractivity contribution in [3.05, 3.63) is 81.6 Å². The van der Waals surface area contributed by atoms with E-state index in [1.54, 1.807) is 0 Å². The summed E-state index contributed by atoms with van der Waals surface area (Å²) >= 11 is 3.90. The number of benzene rings is 2. The van der Waals surface area contributed by atoms with Gasteiger partial charge in [0, 0.05) is 33.6 Å². The molecule has 1 aliphatic heterocycles. The number of thioether (sulfide) groups is 2. The quantitative estimate of drug-likeness (QED) is 0.580. The van der Waals surface area contributed by atoms with Crippen molar-refractivity contribution in [2.45, 2.75) is 25.7 Å². The molecule has 1 saturated heterocycles. The smallest absolute Gasteiger partial charge is 0.163 e. The van der Waals surface area contributed by atoms with Gasteiger partial charge in [-0.2, -0.15) is 0 Å². The van der Waals surface area contributed by atoms with Gasteiger partial charge in [-0.1, -0.05) is 67.6 Å². The number of Topliss-reactive ketones (excluding diaryl/α,β-unsaturated/α-hetero) is 1. The van der Waals surface area contributed by atoms with Crippen LogP contribution in [-0.4, -0.2) is 17.3 Å². The van der Waals surface area contributed by atoms with Crippen molar-refractivity contribution in [3.63, 3.8) is 0 Å². The van der Waals surface area contributed by atoms with Crippen LogP contribution in [0.3, 0.4) is 0 Å². The molecule has 0 radical (unpaired) electrons. The van der Waals surface area contributed by atoms with Crippen molar-refractivity contribution in [1.29, 1.82) is 0 Å². The number of allylic oxidation sites excluding steroid dienone is 1. The minimum Gasteiger partial charge on any atom is -0.294 e. The van der Waals surface area contributed by atoms with Crippen molar-refractivity contribution >= 4 is 29.3 Å². The zero-order valence-corrected chi connectivity index (χ0v) is 15.5. The highest BCUT2D eigenvalue weighted by atomic mass is 32.2. The Morgan fingerprint density at radius 1 is 0.958 bits per heavy atom. The van der Waals surface area contributed by atoms with Gasteiger partial charge in [-0.25, -0.2) is 0 Å². The topological polar surface area (TPSA) is 17.1 Å². The maximum absolute atomic E-state index is 12.8. The zero-order valence-electron chi connectivity index (χ0n) is 13.9. The number of hydrogen-bond donors (Lipinski definition) is 0. The molecule has 1 fully saturated rings. The van der Waals surface area contributed by atoms with E-state index in [2.05, 4.69) is 31.2 Å². The van der Waals surface area contributed by atoms with Crippen molar-refractivity contribution in [1.82, 2.24) is 0 Å². The Kier molecular flexibility index (Phi) is 6.22. The molecule has 0 N–H and O–H groups in total. The summed E-state index contributed by atoms with van der Waals surface area (Å²) in [5.41, 5.74) is 3.49. The van der Waals surface area contributed by atoms with Crippen LogP contribution in [0.5, 0.6) is 0 Å². The van der Waals surface area contributed by atoms with E-state index in [9.17, 15) is 4.79 Å². The van der Waals surface area contributed by atoms with E-state index >= 15 is 0 Å². The largest absolute Gasteiger partial charge is 0.294 e. The molecule has 3 heteroatoms. The molecule has 0 bridgehead atoms. The molecular formula is C21H22OS2. The standard InChI is InChI=1S/C21H22OS2/c1-2-18(21-23-13-14-24-21)19(16-9-5-3-6-10-16)15-20(22)17-11-7-4-8-12-17/h3-12,19H,2,13-15H2,1H3/t19-/m0/s1. The first-order chi connectivity index (χ1) is 11.8. The lowest BCUT2D eigenvalue weighted by Crippen LogP contribution is -2.11. The van der Waals surface area contributed by atoms with Crippen LogP contribution < -0.4 is 0 Å². The summed E-state index contributed by atoms with van der Waals surface area (Å²) in [7, 11) is 0. The maximum Gasteiger partial charge on any atom is 0.163 e. The van der Waals surface area contributed by atoms with Gasteiger partial charge in [0.15, 0.2) is 5.78 Å². The Hall–Kier alpha value is -1.45. The molecule has 124 valence electrons. The number of carbonyl (C=O) groups excluding carboxylic acids is 1. The summed E-state index contributed by atoms with van der Waals surface area (Å²) in [5.74, 6) is 2.76. The van der Waals surface area contributed by atoms with Crippen molar-refractivity contribution in [2.75, 3.05) is 11.5 Å². The van der Waals surface area contributed by atoms with Crippen LogP contribution in [0.25, 0.3) is 0 Å². The highest BCUT2D eigenvalue weighted by molar-refractivity contribution is 8.25. The second kappa shape index (κ2) is 8.59. The van der Waals surface area contributed by atoms with Crippen LogP contribution in [0.1, 0.15) is 41.6 Å². The third-order valence-electron chi connectivity index (χ3n) is 4.30. The van der Waals surface area contributed by atoms with Crippen LogP contribution in [-0.2, 0) is 0 Å². The fourth-order valence-electron chi connectivity index (χ4n) is 3.08. The molecule has 0 saturated carbocycles. The predicted molar refractivity (Wildman–Crippen MR) is 107 cm³/mol. The van der Waals surface area contributed by atoms with Crippen molar-refractivity contribution in [3.8, 4) is 0 Å². The van der Waals surface area contributed by atoms with E-state index < -0.39 is 0 Å². The van der Waals surface area contributed by atoms with Crippen molar-refractivity contribution in [2.24, 2.45) is 0 Å². The van der Waals surface area contributed by atoms with Crippen LogP contribution in [0, 0.1) is 0 Å². The van der Waals surface area contributed by atoms with E-state index in [4.69, 9.17) is 0 Å². The first-order valence-corrected chi connectivity index (χ1v) is 10.4. The normalized spacial score (nSPS) is 15.3. The number of carbonyl (C=O) groups is 1. The third kappa shape index (κ3) is 4.14. The van der Waals surface area contributed by atoms with E-state index in [0.717, 1.165) is 12.0 Å². The Bertz CT molecular complexity index is 699. The summed E-state index contributed by atoms with van der Waals surface area (Å²) in [6.45, 7) is 2.21. The molecule has 3 rings (SSSR count). The van der Waals surface area contributed by atoms with Gasteiger partial charge in [0.05, 0.1) is 0 Å². The van der Waals surface area contributed by atoms with Crippen molar-refractivity contribution < 1.29 is 4.79 Å². The molecule has 0 unspecified atom stereocenters. The zero-order chi connectivity index (χ0) is 16.8. The van der Waals surface area contributed by atoms with Gasteiger partial charge in [0.25, 0.3) is 0 Å². The molecular weight excluding hydrogens is 332 g/mol. The first kappa shape index (κ1) is 17.4. The minimum absolute atomic E-state index is 0.178. The third-order valence-corrected chi connectivity index (χ3v) is 7.13. The van der Waals surface area contributed by atoms with E-state index in [1.165, 1.54) is 26.9 Å². The Morgan fingerprint density at radius 3 is 2.12 bits per heavy atom. The van der Waals surface area contributed by atoms with Crippen LogP contribution in [0.15, 0.2) is 70.5 Å². The first-order valence-electron chi connectivity index (χ1n) is 8.41. The average Bonchev–Trinajstić information content (AvgIpc) is 3.17. The number of hydrogen-bond acceptors (Lipinski definition) is 3. The molecule has 0 aromatic heterocycles. The van der Waals surface area contributed by atoms with Gasteiger partial charge >= 0.3 is 0 Å². The fraction of sp³-hybridized carbons (Fsp3) is 0.286. The van der Waals surface area contributed by atoms with Crippen LogP contribution in [0.2, 0.25) is 0 Å². The minimum atomic E-state index is 0.178. The van der Waals surface area contributed by atoms with E-state index in [0.29, 0.717) is 6.42 Å². The summed E-state index contributed by atoms with van der Waals surface area (Å²) in [6, 6.07) is 20.2. The van der Waals surface area contributed by atoms with E-state index in [1.807, 2.05) is 59.9 Å². The molecule has 2 aromatic carbocycles. The van der Waals surface area contributed by atoms with Gasteiger partial charge in [-0.15, -0.1) is 23.5 Å². The SMILES string of the molecule is CCC(=C1SCCS1)[C@@H](CC(=O)c1ccccc1)c1ccccc1. The molecule has 1 heterocycles. The van der Waals surface area contributed by atoms with Gasteiger partial charge < -0.3 is 0 Å². The second-order valence-corrected chi connectivity index (χ2v) is 8.29. The van der Waals surface area contributed by atoms with Gasteiger partial charge in [-0.3, -0.25) is 4.79 Å². The molecule has 2 aromatic rings. The molecule has 1 atom stereocenters. The summed E-state index contributed by atoms with van der Waals surface area (Å²) in [5, 5.41) is 0. The summed E-state index contributed by atoms with van der Waals surface area (Å²) in [4.78, 5) is 12.8.